The Labute approximate surface area is 223 Å². The first kappa shape index (κ1) is 24.9. The molecule has 11 heteroatoms. The second kappa shape index (κ2) is 11.5. The highest BCUT2D eigenvalue weighted by molar-refractivity contribution is 9.10. The molecule has 4 rings (SSSR count). The zero-order chi connectivity index (χ0) is 24.1. The van der Waals surface area contributed by atoms with Crippen molar-refractivity contribution in [2.45, 2.75) is 18.1 Å². The standard InChI is InChI=1S/C23H18BrCl2N5OS2/c1-2-9-31-21(15-4-6-16(24)7-5-15)29-30-23(31)33-13-20(32)28-22-27-12-17(34-22)10-14-3-8-18(25)19(26)11-14/h2-8,11-12H,1,9-10,13H2,(H,27,28,32). The first-order valence-corrected chi connectivity index (χ1v) is 13.4. The minimum Gasteiger partial charge on any atom is -0.301 e. The minimum absolute atomic E-state index is 0.168. The van der Waals surface area contributed by atoms with Crippen molar-refractivity contribution in [3.05, 3.63) is 86.3 Å². The number of anilines is 1. The van der Waals surface area contributed by atoms with Crippen LogP contribution < -0.4 is 5.32 Å². The molecule has 0 aliphatic carbocycles. The van der Waals surface area contributed by atoms with Crippen LogP contribution in [0.5, 0.6) is 0 Å². The molecule has 0 spiro atoms. The fourth-order valence-electron chi connectivity index (χ4n) is 3.08. The molecule has 1 amide bonds. The van der Waals surface area contributed by atoms with Crippen LogP contribution in [0, 0.1) is 0 Å². The van der Waals surface area contributed by atoms with Crippen LogP contribution in [0.4, 0.5) is 5.13 Å². The Balaban J connectivity index is 1.37. The molecule has 0 aliphatic heterocycles. The van der Waals surface area contributed by atoms with Crippen molar-refractivity contribution < 1.29 is 4.79 Å². The van der Waals surface area contributed by atoms with Crippen LogP contribution in [0.2, 0.25) is 10.0 Å². The molecule has 174 valence electrons. The lowest BCUT2D eigenvalue weighted by atomic mass is 10.1. The van der Waals surface area contributed by atoms with Crippen molar-refractivity contribution in [1.82, 2.24) is 19.7 Å². The zero-order valence-corrected chi connectivity index (χ0v) is 22.4. The molecule has 2 aromatic carbocycles. The lowest BCUT2D eigenvalue weighted by molar-refractivity contribution is -0.113. The van der Waals surface area contributed by atoms with Crippen LogP contribution in [-0.2, 0) is 17.8 Å². The van der Waals surface area contributed by atoms with E-state index >= 15 is 0 Å². The average Bonchev–Trinajstić information content (AvgIpc) is 3.42. The molecule has 0 saturated carbocycles. The summed E-state index contributed by atoms with van der Waals surface area (Å²) < 4.78 is 2.92. The third kappa shape index (κ3) is 6.28. The molecule has 0 atom stereocenters. The van der Waals surface area contributed by atoms with Crippen LogP contribution in [0.25, 0.3) is 11.4 Å². The molecule has 34 heavy (non-hydrogen) atoms. The highest BCUT2D eigenvalue weighted by atomic mass is 79.9. The van der Waals surface area contributed by atoms with E-state index in [2.05, 4.69) is 43.0 Å². The highest BCUT2D eigenvalue weighted by Gasteiger charge is 2.16. The number of nitrogens with one attached hydrogen (secondary N) is 1. The van der Waals surface area contributed by atoms with Gasteiger partial charge in [-0.2, -0.15) is 0 Å². The normalized spacial score (nSPS) is 10.9. The molecule has 0 bridgehead atoms. The van der Waals surface area contributed by atoms with Gasteiger partial charge in [0.1, 0.15) is 0 Å². The van der Waals surface area contributed by atoms with Gasteiger partial charge < -0.3 is 5.32 Å². The van der Waals surface area contributed by atoms with Gasteiger partial charge in [-0.15, -0.1) is 28.1 Å². The summed E-state index contributed by atoms with van der Waals surface area (Å²) in [7, 11) is 0. The van der Waals surface area contributed by atoms with Crippen LogP contribution in [0.1, 0.15) is 10.4 Å². The Kier molecular flexibility index (Phi) is 8.44. The van der Waals surface area contributed by atoms with Crippen molar-refractivity contribution in [1.29, 1.82) is 0 Å². The van der Waals surface area contributed by atoms with Crippen molar-refractivity contribution in [3.8, 4) is 11.4 Å². The van der Waals surface area contributed by atoms with E-state index in [-0.39, 0.29) is 11.7 Å². The number of thiazole rings is 1. The van der Waals surface area contributed by atoms with E-state index in [9.17, 15) is 4.79 Å². The topological polar surface area (TPSA) is 72.7 Å². The molecule has 1 N–H and O–H groups in total. The first-order valence-electron chi connectivity index (χ1n) is 10.0. The summed E-state index contributed by atoms with van der Waals surface area (Å²) in [4.78, 5) is 17.9. The van der Waals surface area contributed by atoms with Gasteiger partial charge in [0.05, 0.1) is 15.8 Å². The molecule has 0 saturated heterocycles. The maximum atomic E-state index is 12.5. The number of amides is 1. The fourth-order valence-corrected chi connectivity index (χ4v) is 5.28. The maximum absolute atomic E-state index is 12.5. The van der Waals surface area contributed by atoms with Gasteiger partial charge in [-0.3, -0.25) is 9.36 Å². The van der Waals surface area contributed by atoms with Gasteiger partial charge in [0.25, 0.3) is 0 Å². The van der Waals surface area contributed by atoms with Crippen molar-refractivity contribution in [3.63, 3.8) is 0 Å². The van der Waals surface area contributed by atoms with Gasteiger partial charge in [0.2, 0.25) is 5.91 Å². The van der Waals surface area contributed by atoms with Crippen LogP contribution in [0.15, 0.2) is 70.9 Å². The molecule has 4 aromatic rings. The molecule has 2 aromatic heterocycles. The van der Waals surface area contributed by atoms with Crippen LogP contribution in [-0.4, -0.2) is 31.4 Å². The number of aromatic nitrogens is 4. The second-order valence-electron chi connectivity index (χ2n) is 7.11. The number of benzene rings is 2. The van der Waals surface area contributed by atoms with Gasteiger partial charge in [0, 0.05) is 34.1 Å². The Morgan fingerprint density at radius 1 is 1.18 bits per heavy atom. The Bertz CT molecular complexity index is 1320. The number of allylic oxidation sites excluding steroid dienone is 1. The number of rotatable bonds is 9. The van der Waals surface area contributed by atoms with E-state index in [1.165, 1.54) is 23.1 Å². The fraction of sp³-hybridized carbons (Fsp3) is 0.130. The molecule has 0 fully saturated rings. The van der Waals surface area contributed by atoms with Gasteiger partial charge in [0.15, 0.2) is 16.1 Å². The SMILES string of the molecule is C=CCn1c(SCC(=O)Nc2ncc(Cc3ccc(Cl)c(Cl)c3)s2)nnc1-c1ccc(Br)cc1. The lowest BCUT2D eigenvalue weighted by Crippen LogP contribution is -2.14. The number of halogens is 3. The highest BCUT2D eigenvalue weighted by Crippen LogP contribution is 2.28. The Morgan fingerprint density at radius 3 is 2.71 bits per heavy atom. The largest absolute Gasteiger partial charge is 0.301 e. The Morgan fingerprint density at radius 2 is 1.97 bits per heavy atom. The Hall–Kier alpha value is -2.17. The summed E-state index contributed by atoms with van der Waals surface area (Å²) in [5.41, 5.74) is 1.96. The molecule has 0 unspecified atom stereocenters. The molecular weight excluding hydrogens is 577 g/mol. The summed E-state index contributed by atoms with van der Waals surface area (Å²) in [6.45, 7) is 4.36. The number of hydrogen-bond donors (Lipinski definition) is 1. The number of carbonyl (C=O) groups excluding carboxylic acids is 1. The number of thioether (sulfide) groups is 1. The van der Waals surface area contributed by atoms with Gasteiger partial charge in [-0.05, 0) is 29.8 Å². The average molecular weight is 595 g/mol. The van der Waals surface area contributed by atoms with Crippen LogP contribution in [0.3, 0.4) is 0 Å². The van der Waals surface area contributed by atoms with Crippen LogP contribution >= 0.6 is 62.2 Å². The summed E-state index contributed by atoms with van der Waals surface area (Å²) in [5, 5.41) is 13.7. The third-order valence-corrected chi connectivity index (χ3v) is 7.77. The number of nitrogens with zero attached hydrogens (tertiary/aromatic N) is 4. The molecule has 0 radical (unpaired) electrons. The predicted molar refractivity (Wildman–Crippen MR) is 144 cm³/mol. The molecule has 0 aliphatic rings. The molecular formula is C23H18BrCl2N5OS2. The van der Waals surface area contributed by atoms with Gasteiger partial charge >= 0.3 is 0 Å². The summed E-state index contributed by atoms with van der Waals surface area (Å²) in [5.74, 6) is 0.734. The number of carbonyl (C=O) groups is 1. The first-order chi connectivity index (χ1) is 16.4. The van der Waals surface area contributed by atoms with E-state index in [4.69, 9.17) is 23.2 Å². The second-order valence-corrected chi connectivity index (χ2v) is 10.9. The van der Waals surface area contributed by atoms with E-state index in [1.54, 1.807) is 18.3 Å². The van der Waals surface area contributed by atoms with E-state index < -0.39 is 0 Å². The third-order valence-electron chi connectivity index (χ3n) is 4.63. The lowest BCUT2D eigenvalue weighted by Gasteiger charge is -2.08. The van der Waals surface area contributed by atoms with E-state index in [0.717, 1.165) is 26.3 Å². The summed E-state index contributed by atoms with van der Waals surface area (Å²) in [6.07, 6.45) is 4.19. The molecule has 2 heterocycles. The van der Waals surface area contributed by atoms with Gasteiger partial charge in [-0.1, -0.05) is 75.2 Å². The maximum Gasteiger partial charge on any atom is 0.236 e. The molecule has 6 nitrogen and oxygen atoms in total. The number of hydrogen-bond acceptors (Lipinski definition) is 6. The quantitative estimate of drug-likeness (QED) is 0.167. The van der Waals surface area contributed by atoms with Crippen molar-refractivity contribution in [2.24, 2.45) is 0 Å². The van der Waals surface area contributed by atoms with E-state index in [1.807, 2.05) is 41.0 Å². The summed E-state index contributed by atoms with van der Waals surface area (Å²) >= 11 is 18.2. The zero-order valence-electron chi connectivity index (χ0n) is 17.7. The van der Waals surface area contributed by atoms with E-state index in [0.29, 0.717) is 33.3 Å². The van der Waals surface area contributed by atoms with Crippen molar-refractivity contribution >= 4 is 73.3 Å². The predicted octanol–water partition coefficient (Wildman–Crippen LogP) is 6.98. The van der Waals surface area contributed by atoms with Crippen molar-refractivity contribution in [2.75, 3.05) is 11.1 Å². The summed E-state index contributed by atoms with van der Waals surface area (Å²) in [6, 6.07) is 13.4. The monoisotopic (exact) mass is 593 g/mol. The van der Waals surface area contributed by atoms with Gasteiger partial charge in [-0.25, -0.2) is 4.98 Å². The smallest absolute Gasteiger partial charge is 0.236 e. The minimum atomic E-state index is -0.168.